The Morgan fingerprint density at radius 2 is 2.50 bits per heavy atom. The Morgan fingerprint density at radius 3 is 3.08 bits per heavy atom. The third-order valence-corrected chi connectivity index (χ3v) is 1.84. The second kappa shape index (κ2) is 3.20. The maximum atomic E-state index is 8.66. The minimum Gasteiger partial charge on any atom is -0.387 e. The Bertz CT molecular complexity index is 255. The summed E-state index contributed by atoms with van der Waals surface area (Å²) in [6.07, 6.45) is 1.94. The van der Waals surface area contributed by atoms with Crippen LogP contribution in [0.4, 0.5) is 0 Å². The van der Waals surface area contributed by atoms with Gasteiger partial charge in [-0.25, -0.2) is 0 Å². The van der Waals surface area contributed by atoms with Gasteiger partial charge in [0.2, 0.25) is 5.82 Å². The molecule has 1 saturated heterocycles. The fourth-order valence-corrected chi connectivity index (χ4v) is 1.24. The normalized spacial score (nSPS) is 23.2. The molecule has 1 aromatic heterocycles. The lowest BCUT2D eigenvalue weighted by Gasteiger charge is -2.00. The predicted molar refractivity (Wildman–Crippen MR) is 38.1 cm³/mol. The third-order valence-electron chi connectivity index (χ3n) is 1.84. The topological polar surface area (TPSA) is 68.4 Å². The molecule has 1 aliphatic heterocycles. The summed E-state index contributed by atoms with van der Waals surface area (Å²) in [4.78, 5) is 3.96. The van der Waals surface area contributed by atoms with Gasteiger partial charge >= 0.3 is 0 Å². The van der Waals surface area contributed by atoms with Crippen molar-refractivity contribution < 1.29 is 14.4 Å². The summed E-state index contributed by atoms with van der Waals surface area (Å²) in [7, 11) is 0. The van der Waals surface area contributed by atoms with Gasteiger partial charge in [0.15, 0.2) is 0 Å². The largest absolute Gasteiger partial charge is 0.387 e. The van der Waals surface area contributed by atoms with Gasteiger partial charge < -0.3 is 14.4 Å². The molecule has 2 heterocycles. The van der Waals surface area contributed by atoms with Gasteiger partial charge in [-0.2, -0.15) is 4.98 Å². The number of aliphatic hydroxyl groups excluding tert-OH is 1. The molecule has 1 N–H and O–H groups in total. The van der Waals surface area contributed by atoms with Crippen LogP contribution < -0.4 is 0 Å². The van der Waals surface area contributed by atoms with E-state index in [4.69, 9.17) is 14.4 Å². The smallest absolute Gasteiger partial charge is 0.252 e. The number of aromatic nitrogens is 2. The van der Waals surface area contributed by atoms with Crippen molar-refractivity contribution in [3.63, 3.8) is 0 Å². The molecule has 5 nitrogen and oxygen atoms in total. The minimum atomic E-state index is -0.209. The molecule has 0 saturated carbocycles. The van der Waals surface area contributed by atoms with Gasteiger partial charge in [-0.05, 0) is 12.8 Å². The first-order valence-electron chi connectivity index (χ1n) is 3.95. The van der Waals surface area contributed by atoms with E-state index in [1.807, 2.05) is 0 Å². The number of ether oxygens (including phenoxy) is 1. The first-order valence-corrected chi connectivity index (χ1v) is 3.95. The summed E-state index contributed by atoms with van der Waals surface area (Å²) in [5, 5.41) is 12.4. The molecular weight excluding hydrogens is 160 g/mol. The highest BCUT2D eigenvalue weighted by Gasteiger charge is 2.22. The van der Waals surface area contributed by atoms with E-state index >= 15 is 0 Å². The first-order chi connectivity index (χ1) is 5.90. The highest BCUT2D eigenvalue weighted by atomic mass is 16.5. The van der Waals surface area contributed by atoms with Crippen LogP contribution in [0.2, 0.25) is 0 Å². The molecule has 0 radical (unpaired) electrons. The van der Waals surface area contributed by atoms with E-state index in [1.54, 1.807) is 0 Å². The van der Waals surface area contributed by atoms with Gasteiger partial charge in [0, 0.05) is 6.61 Å². The zero-order chi connectivity index (χ0) is 8.39. The van der Waals surface area contributed by atoms with Crippen molar-refractivity contribution in [1.82, 2.24) is 10.1 Å². The molecular formula is C7H10N2O3. The zero-order valence-corrected chi connectivity index (χ0v) is 6.56. The van der Waals surface area contributed by atoms with Crippen LogP contribution in [0.3, 0.4) is 0 Å². The van der Waals surface area contributed by atoms with Gasteiger partial charge in [0.1, 0.15) is 12.7 Å². The number of nitrogens with zero attached hydrogens (tertiary/aromatic N) is 2. The summed E-state index contributed by atoms with van der Waals surface area (Å²) in [5.74, 6) is 0.803. The van der Waals surface area contributed by atoms with Crippen molar-refractivity contribution in [2.45, 2.75) is 25.6 Å². The van der Waals surface area contributed by atoms with Gasteiger partial charge in [0.25, 0.3) is 5.89 Å². The highest BCUT2D eigenvalue weighted by Crippen LogP contribution is 2.25. The lowest BCUT2D eigenvalue weighted by Crippen LogP contribution is -1.98. The molecule has 66 valence electrons. The van der Waals surface area contributed by atoms with Gasteiger partial charge in [-0.1, -0.05) is 5.16 Å². The zero-order valence-electron chi connectivity index (χ0n) is 6.56. The summed E-state index contributed by atoms with van der Waals surface area (Å²) < 4.78 is 10.1. The summed E-state index contributed by atoms with van der Waals surface area (Å²) in [5.41, 5.74) is 0. The van der Waals surface area contributed by atoms with Crippen LogP contribution in [0.25, 0.3) is 0 Å². The molecule has 1 aliphatic rings. The number of hydrogen-bond donors (Lipinski definition) is 1. The van der Waals surface area contributed by atoms with Crippen LogP contribution in [0.5, 0.6) is 0 Å². The predicted octanol–water partition coefficient (Wildman–Crippen LogP) is 0.413. The molecule has 5 heteroatoms. The van der Waals surface area contributed by atoms with E-state index in [9.17, 15) is 0 Å². The van der Waals surface area contributed by atoms with Crippen LogP contribution in [0, 0.1) is 0 Å². The average Bonchev–Trinajstić information content (AvgIpc) is 2.75. The highest BCUT2D eigenvalue weighted by molar-refractivity contribution is 4.92. The average molecular weight is 170 g/mol. The minimum absolute atomic E-state index is 0.0333. The van der Waals surface area contributed by atoms with Crippen molar-refractivity contribution in [3.05, 3.63) is 11.7 Å². The van der Waals surface area contributed by atoms with Crippen LogP contribution in [-0.4, -0.2) is 21.9 Å². The molecule has 0 aromatic carbocycles. The SMILES string of the molecule is OCc1nc(C2CCCO2)no1. The van der Waals surface area contributed by atoms with Crippen LogP contribution in [0.15, 0.2) is 4.52 Å². The number of aliphatic hydroxyl groups is 1. The van der Waals surface area contributed by atoms with E-state index in [-0.39, 0.29) is 18.6 Å². The van der Waals surface area contributed by atoms with Gasteiger partial charge in [-0.3, -0.25) is 0 Å². The van der Waals surface area contributed by atoms with E-state index < -0.39 is 0 Å². The molecule has 0 amide bonds. The van der Waals surface area contributed by atoms with Crippen LogP contribution in [-0.2, 0) is 11.3 Å². The standard InChI is InChI=1S/C7H10N2O3/c10-4-6-8-7(9-12-6)5-2-1-3-11-5/h5,10H,1-4H2. The van der Waals surface area contributed by atoms with Crippen molar-refractivity contribution in [1.29, 1.82) is 0 Å². The second-order valence-electron chi connectivity index (χ2n) is 2.71. The summed E-state index contributed by atoms with van der Waals surface area (Å²) >= 11 is 0. The molecule has 0 bridgehead atoms. The lowest BCUT2D eigenvalue weighted by molar-refractivity contribution is 0.103. The molecule has 0 aliphatic carbocycles. The fraction of sp³-hybridized carbons (Fsp3) is 0.714. The monoisotopic (exact) mass is 170 g/mol. The quantitative estimate of drug-likeness (QED) is 0.696. The Hall–Kier alpha value is -0.940. The Balaban J connectivity index is 2.11. The summed E-state index contributed by atoms with van der Waals surface area (Å²) in [6.45, 7) is 0.549. The molecule has 12 heavy (non-hydrogen) atoms. The van der Waals surface area contributed by atoms with Crippen LogP contribution >= 0.6 is 0 Å². The Labute approximate surface area is 69.3 Å². The fourth-order valence-electron chi connectivity index (χ4n) is 1.24. The Kier molecular flexibility index (Phi) is 2.05. The Morgan fingerprint density at radius 1 is 1.58 bits per heavy atom. The van der Waals surface area contributed by atoms with E-state index in [0.717, 1.165) is 19.4 Å². The van der Waals surface area contributed by atoms with Crippen molar-refractivity contribution in [2.24, 2.45) is 0 Å². The van der Waals surface area contributed by atoms with E-state index in [2.05, 4.69) is 10.1 Å². The third kappa shape index (κ3) is 1.33. The molecule has 1 fully saturated rings. The molecule has 1 atom stereocenters. The van der Waals surface area contributed by atoms with Crippen molar-refractivity contribution in [3.8, 4) is 0 Å². The van der Waals surface area contributed by atoms with E-state index in [1.165, 1.54) is 0 Å². The molecule has 0 spiro atoms. The number of rotatable bonds is 2. The summed E-state index contributed by atoms with van der Waals surface area (Å²) in [6, 6.07) is 0. The molecule has 1 aromatic rings. The first kappa shape index (κ1) is 7.70. The van der Waals surface area contributed by atoms with Crippen molar-refractivity contribution >= 4 is 0 Å². The lowest BCUT2D eigenvalue weighted by atomic mass is 10.2. The molecule has 2 rings (SSSR count). The second-order valence-corrected chi connectivity index (χ2v) is 2.71. The maximum Gasteiger partial charge on any atom is 0.252 e. The van der Waals surface area contributed by atoms with Gasteiger partial charge in [0.05, 0.1) is 0 Å². The maximum absolute atomic E-state index is 8.66. The van der Waals surface area contributed by atoms with Crippen LogP contribution in [0.1, 0.15) is 30.7 Å². The van der Waals surface area contributed by atoms with E-state index in [0.29, 0.717) is 5.82 Å². The number of hydrogen-bond acceptors (Lipinski definition) is 5. The molecule has 1 unspecified atom stereocenters. The van der Waals surface area contributed by atoms with Crippen molar-refractivity contribution in [2.75, 3.05) is 6.61 Å². The van der Waals surface area contributed by atoms with Gasteiger partial charge in [-0.15, -0.1) is 0 Å².